The van der Waals surface area contributed by atoms with Gasteiger partial charge in [0.25, 0.3) is 5.91 Å². The molecule has 2 aromatic carbocycles. The zero-order chi connectivity index (χ0) is 22.1. The van der Waals surface area contributed by atoms with E-state index in [2.05, 4.69) is 10.3 Å². The highest BCUT2D eigenvalue weighted by Crippen LogP contribution is 2.24. The fraction of sp³-hybridized carbons (Fsp3) is 0.261. The summed E-state index contributed by atoms with van der Waals surface area (Å²) in [5, 5.41) is 2.55. The lowest BCUT2D eigenvalue weighted by Crippen LogP contribution is -2.27. The molecule has 2 rings (SSSR count). The Morgan fingerprint density at radius 3 is 2.37 bits per heavy atom. The van der Waals surface area contributed by atoms with Crippen molar-refractivity contribution in [1.82, 2.24) is 5.32 Å². The number of esters is 1. The summed E-state index contributed by atoms with van der Waals surface area (Å²) in [4.78, 5) is 28.3. The van der Waals surface area contributed by atoms with Crippen LogP contribution in [0.3, 0.4) is 0 Å². The summed E-state index contributed by atoms with van der Waals surface area (Å²) in [7, 11) is 1.59. The molecule has 6 nitrogen and oxygen atoms in total. The molecule has 2 aromatic rings. The Labute approximate surface area is 175 Å². The van der Waals surface area contributed by atoms with Crippen molar-refractivity contribution in [2.75, 3.05) is 13.6 Å². The third-order valence-corrected chi connectivity index (χ3v) is 4.46. The molecule has 3 N–H and O–H groups in total. The zero-order valence-electron chi connectivity index (χ0n) is 17.4. The summed E-state index contributed by atoms with van der Waals surface area (Å²) in [6, 6.07) is 13.8. The number of allylic oxidation sites excluding steroid dienone is 2. The summed E-state index contributed by atoms with van der Waals surface area (Å²) < 4.78 is 20.2. The van der Waals surface area contributed by atoms with Gasteiger partial charge in [-0.2, -0.15) is 0 Å². The Bertz CT molecular complexity index is 965. The normalized spacial score (nSPS) is 12.2. The standard InChI is InChI=1S/C23H26FN3O3/c1-15(25)21(16(2)26-3)18-10-7-11-19(22(18)24)23(29)27-13-12-20(28)30-14-17-8-5-4-6-9-17/h4-11H,12-14,25H2,1-3H3,(H,27,29). The van der Waals surface area contributed by atoms with Gasteiger partial charge in [0.15, 0.2) is 0 Å². The van der Waals surface area contributed by atoms with Crippen LogP contribution >= 0.6 is 0 Å². The minimum Gasteiger partial charge on any atom is -0.461 e. The SMILES string of the molecule is CN=C(C)C(=C(C)N)c1cccc(C(=O)NCCC(=O)OCc2ccccc2)c1F. The van der Waals surface area contributed by atoms with Gasteiger partial charge in [-0.15, -0.1) is 0 Å². The van der Waals surface area contributed by atoms with Gasteiger partial charge in [0, 0.05) is 36.1 Å². The predicted molar refractivity (Wildman–Crippen MR) is 115 cm³/mol. The Morgan fingerprint density at radius 2 is 1.73 bits per heavy atom. The predicted octanol–water partition coefficient (Wildman–Crippen LogP) is 3.47. The van der Waals surface area contributed by atoms with Gasteiger partial charge in [-0.25, -0.2) is 4.39 Å². The second-order valence-electron chi connectivity index (χ2n) is 6.69. The van der Waals surface area contributed by atoms with Gasteiger partial charge >= 0.3 is 5.97 Å². The molecule has 0 saturated heterocycles. The highest BCUT2D eigenvalue weighted by molar-refractivity contribution is 6.23. The number of aliphatic imine (C=N–C) groups is 1. The molecule has 7 heteroatoms. The Kier molecular flexibility index (Phi) is 8.29. The number of benzene rings is 2. The number of nitrogens with two attached hydrogens (primary N) is 1. The van der Waals surface area contributed by atoms with Crippen LogP contribution < -0.4 is 11.1 Å². The molecule has 1 amide bonds. The topological polar surface area (TPSA) is 93.8 Å². The van der Waals surface area contributed by atoms with Crippen molar-refractivity contribution in [2.45, 2.75) is 26.9 Å². The number of hydrogen-bond donors (Lipinski definition) is 2. The molecule has 0 aromatic heterocycles. The van der Waals surface area contributed by atoms with Crippen molar-refractivity contribution in [3.63, 3.8) is 0 Å². The van der Waals surface area contributed by atoms with Crippen LogP contribution in [0.4, 0.5) is 4.39 Å². The first kappa shape index (κ1) is 22.8. The average Bonchev–Trinajstić information content (AvgIpc) is 2.73. The van der Waals surface area contributed by atoms with Gasteiger partial charge in [0.2, 0.25) is 0 Å². The number of halogens is 1. The lowest BCUT2D eigenvalue weighted by Gasteiger charge is -2.13. The van der Waals surface area contributed by atoms with Gasteiger partial charge in [-0.1, -0.05) is 42.5 Å². The maximum atomic E-state index is 15.0. The molecule has 0 atom stereocenters. The number of carbonyl (C=O) groups excluding carboxylic acids is 2. The molecule has 0 unspecified atom stereocenters. The first-order chi connectivity index (χ1) is 14.3. The number of nitrogens with one attached hydrogen (secondary N) is 1. The molecule has 158 valence electrons. The summed E-state index contributed by atoms with van der Waals surface area (Å²) in [6.45, 7) is 3.57. The van der Waals surface area contributed by atoms with E-state index in [-0.39, 0.29) is 30.7 Å². The van der Waals surface area contributed by atoms with E-state index in [0.29, 0.717) is 17.0 Å². The van der Waals surface area contributed by atoms with E-state index in [1.165, 1.54) is 6.07 Å². The van der Waals surface area contributed by atoms with Crippen molar-refractivity contribution < 1.29 is 18.7 Å². The number of hydrogen-bond acceptors (Lipinski definition) is 5. The summed E-state index contributed by atoms with van der Waals surface area (Å²) in [6.07, 6.45) is -0.0193. The molecule has 0 aliphatic heterocycles. The quantitative estimate of drug-likeness (QED) is 0.514. The maximum Gasteiger partial charge on any atom is 0.307 e. The monoisotopic (exact) mass is 411 g/mol. The molecular weight excluding hydrogens is 385 g/mol. The molecule has 0 radical (unpaired) electrons. The fourth-order valence-electron chi connectivity index (χ4n) is 2.89. The van der Waals surface area contributed by atoms with Gasteiger partial charge in [0.05, 0.1) is 12.0 Å². The molecule has 0 aliphatic carbocycles. The zero-order valence-corrected chi connectivity index (χ0v) is 17.4. The number of amides is 1. The van der Waals surface area contributed by atoms with E-state index in [1.54, 1.807) is 33.0 Å². The van der Waals surface area contributed by atoms with E-state index < -0.39 is 17.7 Å². The molecule has 0 heterocycles. The van der Waals surface area contributed by atoms with Crippen molar-refractivity contribution >= 4 is 23.2 Å². The van der Waals surface area contributed by atoms with Crippen LogP contribution in [0.1, 0.15) is 41.8 Å². The van der Waals surface area contributed by atoms with E-state index >= 15 is 4.39 Å². The van der Waals surface area contributed by atoms with Crippen LogP contribution in [0.15, 0.2) is 59.2 Å². The second-order valence-corrected chi connectivity index (χ2v) is 6.69. The molecule has 0 fully saturated rings. The molecule has 0 bridgehead atoms. The number of carbonyl (C=O) groups is 2. The summed E-state index contributed by atoms with van der Waals surface area (Å²) in [5.74, 6) is -1.76. The first-order valence-corrected chi connectivity index (χ1v) is 9.51. The smallest absolute Gasteiger partial charge is 0.307 e. The van der Waals surface area contributed by atoms with Crippen LogP contribution in [-0.4, -0.2) is 31.2 Å². The maximum absolute atomic E-state index is 15.0. The number of nitrogens with zero attached hydrogens (tertiary/aromatic N) is 1. The van der Waals surface area contributed by atoms with Crippen molar-refractivity contribution in [1.29, 1.82) is 0 Å². The highest BCUT2D eigenvalue weighted by atomic mass is 19.1. The fourth-order valence-corrected chi connectivity index (χ4v) is 2.89. The third-order valence-electron chi connectivity index (χ3n) is 4.46. The van der Waals surface area contributed by atoms with E-state index in [4.69, 9.17) is 10.5 Å². The Balaban J connectivity index is 1.99. The van der Waals surface area contributed by atoms with Crippen LogP contribution in [0, 0.1) is 5.82 Å². The summed E-state index contributed by atoms with van der Waals surface area (Å²) in [5.41, 5.74) is 8.26. The van der Waals surface area contributed by atoms with Crippen molar-refractivity contribution in [3.8, 4) is 0 Å². The van der Waals surface area contributed by atoms with Crippen LogP contribution in [0.25, 0.3) is 5.57 Å². The molecule has 0 aliphatic rings. The van der Waals surface area contributed by atoms with Crippen molar-refractivity contribution in [2.24, 2.45) is 10.7 Å². The molecule has 0 spiro atoms. The van der Waals surface area contributed by atoms with Crippen LogP contribution in [0.5, 0.6) is 0 Å². The van der Waals surface area contributed by atoms with Gasteiger partial charge in [0.1, 0.15) is 12.4 Å². The van der Waals surface area contributed by atoms with Gasteiger partial charge < -0.3 is 15.8 Å². The van der Waals surface area contributed by atoms with E-state index in [9.17, 15) is 9.59 Å². The van der Waals surface area contributed by atoms with Gasteiger partial charge in [-0.05, 0) is 25.5 Å². The number of ether oxygens (including phenoxy) is 1. The highest BCUT2D eigenvalue weighted by Gasteiger charge is 2.19. The van der Waals surface area contributed by atoms with Crippen LogP contribution in [-0.2, 0) is 16.1 Å². The minimum absolute atomic E-state index is 0.0193. The molecule has 0 saturated carbocycles. The second kappa shape index (κ2) is 10.9. The molecular formula is C23H26FN3O3. The Morgan fingerprint density at radius 1 is 1.07 bits per heavy atom. The summed E-state index contributed by atoms with van der Waals surface area (Å²) >= 11 is 0. The first-order valence-electron chi connectivity index (χ1n) is 9.51. The lowest BCUT2D eigenvalue weighted by atomic mass is 9.97. The van der Waals surface area contributed by atoms with E-state index in [1.807, 2.05) is 30.3 Å². The average molecular weight is 411 g/mol. The largest absolute Gasteiger partial charge is 0.461 e. The number of rotatable bonds is 8. The third kappa shape index (κ3) is 6.01. The molecule has 30 heavy (non-hydrogen) atoms. The van der Waals surface area contributed by atoms with Crippen molar-refractivity contribution in [3.05, 3.63) is 76.7 Å². The minimum atomic E-state index is -0.690. The Hall–Kier alpha value is -3.48. The van der Waals surface area contributed by atoms with Gasteiger partial charge in [-0.3, -0.25) is 14.6 Å². The lowest BCUT2D eigenvalue weighted by molar-refractivity contribution is -0.144. The van der Waals surface area contributed by atoms with Crippen LogP contribution in [0.2, 0.25) is 0 Å². The van der Waals surface area contributed by atoms with E-state index in [0.717, 1.165) is 5.56 Å².